The minimum absolute atomic E-state index is 0.101. The van der Waals surface area contributed by atoms with Crippen LogP contribution in [0.1, 0.15) is 28.3 Å². The lowest BCUT2D eigenvalue weighted by atomic mass is 9.89. The first kappa shape index (κ1) is 13.7. The lowest BCUT2D eigenvalue weighted by Crippen LogP contribution is -2.17. The van der Waals surface area contributed by atoms with Crippen LogP contribution in [0.15, 0.2) is 36.5 Å². The van der Waals surface area contributed by atoms with Crippen LogP contribution < -0.4 is 5.73 Å². The Kier molecular flexibility index (Phi) is 4.27. The first-order valence-corrected chi connectivity index (χ1v) is 6.49. The summed E-state index contributed by atoms with van der Waals surface area (Å²) in [5, 5.41) is 0. The molecule has 0 unspecified atom stereocenters. The second kappa shape index (κ2) is 5.93. The molecule has 0 fully saturated rings. The number of hydrogen-bond acceptors (Lipinski definition) is 2. The van der Waals surface area contributed by atoms with Gasteiger partial charge in [0, 0.05) is 17.8 Å². The van der Waals surface area contributed by atoms with E-state index in [9.17, 15) is 4.39 Å². The van der Waals surface area contributed by atoms with Crippen LogP contribution in [-0.4, -0.2) is 11.5 Å². The van der Waals surface area contributed by atoms with Crippen LogP contribution in [0.5, 0.6) is 0 Å². The van der Waals surface area contributed by atoms with Crippen molar-refractivity contribution >= 4 is 0 Å². The molecule has 2 rings (SSSR count). The number of aromatic nitrogens is 1. The van der Waals surface area contributed by atoms with Crippen molar-refractivity contribution in [2.24, 2.45) is 5.73 Å². The average molecular weight is 258 g/mol. The summed E-state index contributed by atoms with van der Waals surface area (Å²) in [4.78, 5) is 4.39. The largest absolute Gasteiger partial charge is 0.330 e. The zero-order chi connectivity index (χ0) is 13.8. The van der Waals surface area contributed by atoms with Crippen LogP contribution in [0.2, 0.25) is 0 Å². The van der Waals surface area contributed by atoms with Crippen LogP contribution in [-0.2, 0) is 6.42 Å². The highest BCUT2D eigenvalue weighted by molar-refractivity contribution is 5.32. The van der Waals surface area contributed by atoms with Crippen LogP contribution in [0.4, 0.5) is 4.39 Å². The third kappa shape index (κ3) is 2.99. The number of nitrogens with two attached hydrogens (primary N) is 1. The van der Waals surface area contributed by atoms with Gasteiger partial charge in [-0.2, -0.15) is 0 Å². The Morgan fingerprint density at radius 1 is 1.21 bits per heavy atom. The van der Waals surface area contributed by atoms with Gasteiger partial charge in [0.1, 0.15) is 5.82 Å². The Balaban J connectivity index is 2.31. The van der Waals surface area contributed by atoms with Gasteiger partial charge in [0.2, 0.25) is 0 Å². The van der Waals surface area contributed by atoms with Gasteiger partial charge >= 0.3 is 0 Å². The molecule has 1 aromatic heterocycles. The zero-order valence-corrected chi connectivity index (χ0v) is 11.4. The third-order valence-corrected chi connectivity index (χ3v) is 3.59. The highest BCUT2D eigenvalue weighted by atomic mass is 19.1. The Hall–Kier alpha value is -1.74. The van der Waals surface area contributed by atoms with Crippen LogP contribution in [0.3, 0.4) is 0 Å². The summed E-state index contributed by atoms with van der Waals surface area (Å²) in [6, 6.07) is 9.14. The van der Waals surface area contributed by atoms with Gasteiger partial charge in [0.15, 0.2) is 0 Å². The second-order valence-corrected chi connectivity index (χ2v) is 4.86. The summed E-state index contributed by atoms with van der Waals surface area (Å²) >= 11 is 0. The molecule has 0 aliphatic heterocycles. The van der Waals surface area contributed by atoms with E-state index < -0.39 is 0 Å². The van der Waals surface area contributed by atoms with E-state index in [2.05, 4.69) is 4.98 Å². The number of rotatable bonds is 4. The summed E-state index contributed by atoms with van der Waals surface area (Å²) < 4.78 is 13.6. The van der Waals surface area contributed by atoms with Crippen molar-refractivity contribution < 1.29 is 4.39 Å². The molecular formula is C16H19FN2. The fourth-order valence-corrected chi connectivity index (χ4v) is 2.35. The molecule has 1 aromatic carbocycles. The fourth-order valence-electron chi connectivity index (χ4n) is 2.35. The summed E-state index contributed by atoms with van der Waals surface area (Å²) in [6.07, 6.45) is 2.53. The average Bonchev–Trinajstić information content (AvgIpc) is 2.41. The fraction of sp³-hybridized carbons (Fsp3) is 0.312. The van der Waals surface area contributed by atoms with Gasteiger partial charge < -0.3 is 5.73 Å². The lowest BCUT2D eigenvalue weighted by molar-refractivity contribution is 0.603. The van der Waals surface area contributed by atoms with Gasteiger partial charge in [0.05, 0.1) is 0 Å². The van der Waals surface area contributed by atoms with Crippen molar-refractivity contribution in [3.63, 3.8) is 0 Å². The van der Waals surface area contributed by atoms with E-state index in [1.165, 1.54) is 6.07 Å². The molecule has 2 N–H and O–H groups in total. The monoisotopic (exact) mass is 258 g/mol. The summed E-state index contributed by atoms with van der Waals surface area (Å²) in [5.74, 6) is -0.0713. The Bertz CT molecular complexity index is 566. The third-order valence-electron chi connectivity index (χ3n) is 3.59. The van der Waals surface area contributed by atoms with Crippen LogP contribution in [0.25, 0.3) is 0 Å². The van der Waals surface area contributed by atoms with Crippen molar-refractivity contribution in [3.8, 4) is 0 Å². The van der Waals surface area contributed by atoms with E-state index in [0.717, 1.165) is 23.2 Å². The van der Waals surface area contributed by atoms with E-state index in [-0.39, 0.29) is 11.7 Å². The molecule has 0 amide bonds. The maximum atomic E-state index is 13.6. The molecule has 0 saturated carbocycles. The first-order valence-electron chi connectivity index (χ1n) is 6.49. The van der Waals surface area contributed by atoms with Crippen LogP contribution in [0, 0.1) is 19.7 Å². The summed E-state index contributed by atoms with van der Waals surface area (Å²) in [5.41, 5.74) is 9.71. The SMILES string of the molecule is Cc1cccnc1C[C@H](CN)c1cccc(F)c1C. The molecular weight excluding hydrogens is 239 g/mol. The van der Waals surface area contributed by atoms with Crippen molar-refractivity contribution in [1.29, 1.82) is 0 Å². The Morgan fingerprint density at radius 2 is 2.00 bits per heavy atom. The van der Waals surface area contributed by atoms with E-state index in [0.29, 0.717) is 12.1 Å². The van der Waals surface area contributed by atoms with Gasteiger partial charge in [-0.1, -0.05) is 18.2 Å². The molecule has 2 aromatic rings. The van der Waals surface area contributed by atoms with E-state index >= 15 is 0 Å². The maximum Gasteiger partial charge on any atom is 0.126 e. The lowest BCUT2D eigenvalue weighted by Gasteiger charge is -2.18. The molecule has 0 aliphatic rings. The molecule has 0 aliphatic carbocycles. The standard InChI is InChI=1S/C16H19FN2/c1-11-5-4-8-19-16(11)9-13(10-18)14-6-3-7-15(17)12(14)2/h3-8,13H,9-10,18H2,1-2H3/t13-/m1/s1. The molecule has 1 heterocycles. The number of pyridine rings is 1. The normalized spacial score (nSPS) is 12.4. The van der Waals surface area contributed by atoms with Gasteiger partial charge in [-0.05, 0) is 55.6 Å². The van der Waals surface area contributed by atoms with E-state index in [1.54, 1.807) is 19.2 Å². The predicted molar refractivity (Wildman–Crippen MR) is 75.6 cm³/mol. The number of aryl methyl sites for hydroxylation is 1. The molecule has 0 radical (unpaired) electrons. The van der Waals surface area contributed by atoms with Crippen molar-refractivity contribution in [2.75, 3.05) is 6.54 Å². The van der Waals surface area contributed by atoms with Gasteiger partial charge in [-0.3, -0.25) is 4.98 Å². The Morgan fingerprint density at radius 3 is 2.68 bits per heavy atom. The second-order valence-electron chi connectivity index (χ2n) is 4.86. The van der Waals surface area contributed by atoms with Crippen molar-refractivity contribution in [3.05, 3.63) is 64.7 Å². The highest BCUT2D eigenvalue weighted by Gasteiger charge is 2.16. The molecule has 0 saturated heterocycles. The van der Waals surface area contributed by atoms with Crippen molar-refractivity contribution in [1.82, 2.24) is 4.98 Å². The van der Waals surface area contributed by atoms with E-state index in [1.807, 2.05) is 25.1 Å². The molecule has 100 valence electrons. The number of hydrogen-bond donors (Lipinski definition) is 1. The topological polar surface area (TPSA) is 38.9 Å². The van der Waals surface area contributed by atoms with Gasteiger partial charge in [-0.25, -0.2) is 4.39 Å². The summed E-state index contributed by atoms with van der Waals surface area (Å²) in [7, 11) is 0. The number of benzene rings is 1. The number of nitrogens with zero attached hydrogens (tertiary/aromatic N) is 1. The number of halogens is 1. The quantitative estimate of drug-likeness (QED) is 0.915. The molecule has 1 atom stereocenters. The zero-order valence-electron chi connectivity index (χ0n) is 11.4. The maximum absolute atomic E-state index is 13.6. The minimum Gasteiger partial charge on any atom is -0.330 e. The van der Waals surface area contributed by atoms with Gasteiger partial charge in [0.25, 0.3) is 0 Å². The molecule has 0 bridgehead atoms. The Labute approximate surface area is 113 Å². The molecule has 3 heteroatoms. The summed E-state index contributed by atoms with van der Waals surface area (Å²) in [6.45, 7) is 4.33. The first-order chi connectivity index (χ1) is 9.13. The minimum atomic E-state index is -0.173. The highest BCUT2D eigenvalue weighted by Crippen LogP contribution is 2.25. The molecule has 19 heavy (non-hydrogen) atoms. The van der Waals surface area contributed by atoms with Crippen LogP contribution >= 0.6 is 0 Å². The van der Waals surface area contributed by atoms with Crippen molar-refractivity contribution in [2.45, 2.75) is 26.2 Å². The van der Waals surface area contributed by atoms with Gasteiger partial charge in [-0.15, -0.1) is 0 Å². The van der Waals surface area contributed by atoms with E-state index in [4.69, 9.17) is 5.73 Å². The smallest absolute Gasteiger partial charge is 0.126 e. The molecule has 2 nitrogen and oxygen atoms in total. The predicted octanol–water partition coefficient (Wildman–Crippen LogP) is 3.12. The molecule has 0 spiro atoms.